The molecule has 6 heteroatoms. The van der Waals surface area contributed by atoms with Crippen molar-refractivity contribution in [2.45, 2.75) is 32.9 Å². The fourth-order valence-corrected chi connectivity index (χ4v) is 1.30. The lowest BCUT2D eigenvalue weighted by atomic mass is 10.2. The van der Waals surface area contributed by atoms with Crippen LogP contribution < -0.4 is 5.32 Å². The quantitative estimate of drug-likeness (QED) is 0.845. The number of alkyl carbamates (subject to hydrolysis) is 1. The number of ether oxygens (including phenoxy) is 2. The molecule has 0 unspecified atom stereocenters. The number of nitrogens with one attached hydrogen (secondary N) is 1. The number of esters is 1. The van der Waals surface area contributed by atoms with E-state index < -0.39 is 17.7 Å². The fraction of sp³-hybridized carbons (Fsp3) is 0.462. The molecule has 1 amide bonds. The van der Waals surface area contributed by atoms with Crippen LogP contribution in [0.4, 0.5) is 4.79 Å². The molecule has 0 saturated carbocycles. The van der Waals surface area contributed by atoms with Crippen LogP contribution in [0, 0.1) is 0 Å². The minimum atomic E-state index is -0.545. The Hall–Kier alpha value is -2.11. The van der Waals surface area contributed by atoms with Gasteiger partial charge in [0.2, 0.25) is 0 Å². The number of hydrogen-bond acceptors (Lipinski definition) is 5. The highest BCUT2D eigenvalue weighted by Crippen LogP contribution is 2.08. The summed E-state index contributed by atoms with van der Waals surface area (Å²) in [4.78, 5) is 26.7. The Kier molecular flexibility index (Phi) is 4.86. The Balaban J connectivity index is 2.59. The van der Waals surface area contributed by atoms with Crippen LogP contribution in [0.1, 0.15) is 36.7 Å². The first-order chi connectivity index (χ1) is 8.81. The third-order valence-corrected chi connectivity index (χ3v) is 2.05. The van der Waals surface area contributed by atoms with E-state index in [1.54, 1.807) is 33.0 Å². The van der Waals surface area contributed by atoms with Gasteiger partial charge >= 0.3 is 12.1 Å². The number of pyridine rings is 1. The molecule has 19 heavy (non-hydrogen) atoms. The number of carbonyl (C=O) groups is 2. The first-order valence-corrected chi connectivity index (χ1v) is 5.81. The summed E-state index contributed by atoms with van der Waals surface area (Å²) in [7, 11) is 1.30. The summed E-state index contributed by atoms with van der Waals surface area (Å²) in [6.45, 7) is 5.58. The van der Waals surface area contributed by atoms with Crippen LogP contribution in [0.2, 0.25) is 0 Å². The second kappa shape index (κ2) is 6.17. The number of amides is 1. The van der Waals surface area contributed by atoms with Crippen molar-refractivity contribution in [2.75, 3.05) is 7.11 Å². The first-order valence-electron chi connectivity index (χ1n) is 5.81. The van der Waals surface area contributed by atoms with Crippen LogP contribution in [-0.4, -0.2) is 29.8 Å². The van der Waals surface area contributed by atoms with Gasteiger partial charge in [-0.05, 0) is 32.4 Å². The van der Waals surface area contributed by atoms with E-state index in [2.05, 4.69) is 15.0 Å². The maximum atomic E-state index is 11.5. The Morgan fingerprint density at radius 2 is 2.00 bits per heavy atom. The predicted octanol–water partition coefficient (Wildman–Crippen LogP) is 1.89. The number of hydrogen-bond donors (Lipinski definition) is 1. The minimum absolute atomic E-state index is 0.229. The largest absolute Gasteiger partial charge is 0.465 e. The monoisotopic (exact) mass is 266 g/mol. The van der Waals surface area contributed by atoms with Gasteiger partial charge in [-0.15, -0.1) is 0 Å². The van der Waals surface area contributed by atoms with Crippen molar-refractivity contribution < 1.29 is 19.1 Å². The molecule has 104 valence electrons. The first kappa shape index (κ1) is 14.9. The van der Waals surface area contributed by atoms with E-state index in [0.29, 0.717) is 11.1 Å². The van der Waals surface area contributed by atoms with Gasteiger partial charge in [-0.2, -0.15) is 0 Å². The van der Waals surface area contributed by atoms with E-state index in [1.807, 2.05) is 0 Å². The third kappa shape index (κ3) is 5.37. The van der Waals surface area contributed by atoms with Crippen LogP contribution in [0.5, 0.6) is 0 Å². The van der Waals surface area contributed by atoms with E-state index in [-0.39, 0.29) is 6.54 Å². The zero-order valence-corrected chi connectivity index (χ0v) is 11.5. The SMILES string of the molecule is COC(=O)c1cncc(CNC(=O)OC(C)(C)C)c1. The molecule has 6 nitrogen and oxygen atoms in total. The normalized spacial score (nSPS) is 10.7. The van der Waals surface area contributed by atoms with Crippen LogP contribution in [-0.2, 0) is 16.0 Å². The Morgan fingerprint density at radius 1 is 1.32 bits per heavy atom. The summed E-state index contributed by atoms with van der Waals surface area (Å²) in [5.74, 6) is -0.466. The average molecular weight is 266 g/mol. The average Bonchev–Trinajstić information content (AvgIpc) is 2.34. The van der Waals surface area contributed by atoms with Crippen molar-refractivity contribution in [2.24, 2.45) is 0 Å². The fourth-order valence-electron chi connectivity index (χ4n) is 1.30. The summed E-state index contributed by atoms with van der Waals surface area (Å²) < 4.78 is 9.69. The molecular weight excluding hydrogens is 248 g/mol. The molecule has 1 aromatic rings. The second-order valence-electron chi connectivity index (χ2n) is 4.93. The molecule has 0 saturated heterocycles. The Labute approximate surface area is 112 Å². The zero-order chi connectivity index (χ0) is 14.5. The van der Waals surface area contributed by atoms with Gasteiger partial charge in [0.25, 0.3) is 0 Å². The number of carbonyl (C=O) groups excluding carboxylic acids is 2. The Morgan fingerprint density at radius 3 is 2.58 bits per heavy atom. The molecule has 1 rings (SSSR count). The summed E-state index contributed by atoms with van der Waals surface area (Å²) in [5.41, 5.74) is 0.482. The molecule has 0 atom stereocenters. The van der Waals surface area contributed by atoms with Crippen molar-refractivity contribution in [3.8, 4) is 0 Å². The lowest BCUT2D eigenvalue weighted by Crippen LogP contribution is -2.32. The molecule has 1 N–H and O–H groups in total. The van der Waals surface area contributed by atoms with E-state index in [0.717, 1.165) is 0 Å². The molecule has 0 aromatic carbocycles. The molecule has 1 aromatic heterocycles. The Bertz CT molecular complexity index is 466. The summed E-state index contributed by atoms with van der Waals surface area (Å²) in [6, 6.07) is 1.61. The number of aromatic nitrogens is 1. The number of rotatable bonds is 3. The van der Waals surface area contributed by atoms with Crippen LogP contribution in [0.15, 0.2) is 18.5 Å². The highest BCUT2D eigenvalue weighted by atomic mass is 16.6. The van der Waals surface area contributed by atoms with Crippen LogP contribution in [0.3, 0.4) is 0 Å². The van der Waals surface area contributed by atoms with Gasteiger partial charge in [0.15, 0.2) is 0 Å². The van der Waals surface area contributed by atoms with Gasteiger partial charge in [0.1, 0.15) is 5.60 Å². The molecule has 0 aliphatic carbocycles. The topological polar surface area (TPSA) is 77.5 Å². The van der Waals surface area contributed by atoms with Gasteiger partial charge < -0.3 is 14.8 Å². The van der Waals surface area contributed by atoms with Crippen LogP contribution >= 0.6 is 0 Å². The van der Waals surface area contributed by atoms with E-state index in [4.69, 9.17) is 4.74 Å². The molecule has 0 aliphatic heterocycles. The molecule has 0 spiro atoms. The molecule has 1 heterocycles. The molecule has 0 aliphatic rings. The highest BCUT2D eigenvalue weighted by Gasteiger charge is 2.15. The van der Waals surface area contributed by atoms with E-state index in [9.17, 15) is 9.59 Å². The van der Waals surface area contributed by atoms with Crippen molar-refractivity contribution in [3.63, 3.8) is 0 Å². The summed E-state index contributed by atoms with van der Waals surface area (Å²) in [6.07, 6.45) is 2.45. The van der Waals surface area contributed by atoms with Crippen molar-refractivity contribution in [3.05, 3.63) is 29.6 Å². The van der Waals surface area contributed by atoms with E-state index in [1.165, 1.54) is 13.3 Å². The van der Waals surface area contributed by atoms with Crippen molar-refractivity contribution in [1.82, 2.24) is 10.3 Å². The maximum Gasteiger partial charge on any atom is 0.407 e. The van der Waals surface area contributed by atoms with Gasteiger partial charge in [-0.3, -0.25) is 4.98 Å². The van der Waals surface area contributed by atoms with E-state index >= 15 is 0 Å². The zero-order valence-electron chi connectivity index (χ0n) is 11.5. The van der Waals surface area contributed by atoms with Crippen LogP contribution in [0.25, 0.3) is 0 Å². The number of methoxy groups -OCH3 is 1. The molecule has 0 bridgehead atoms. The van der Waals surface area contributed by atoms with Gasteiger partial charge in [0, 0.05) is 18.9 Å². The molecular formula is C13H18N2O4. The van der Waals surface area contributed by atoms with Gasteiger partial charge in [-0.25, -0.2) is 9.59 Å². The van der Waals surface area contributed by atoms with Gasteiger partial charge in [0.05, 0.1) is 12.7 Å². The standard InChI is InChI=1S/C13H18N2O4/c1-13(2,3)19-12(17)15-7-9-5-10(8-14-6-9)11(16)18-4/h5-6,8H,7H2,1-4H3,(H,15,17). The number of nitrogens with zero attached hydrogens (tertiary/aromatic N) is 1. The highest BCUT2D eigenvalue weighted by molar-refractivity contribution is 5.89. The maximum absolute atomic E-state index is 11.5. The summed E-state index contributed by atoms with van der Waals surface area (Å²) >= 11 is 0. The molecule has 0 fully saturated rings. The third-order valence-electron chi connectivity index (χ3n) is 2.05. The predicted molar refractivity (Wildman–Crippen MR) is 68.7 cm³/mol. The summed E-state index contributed by atoms with van der Waals surface area (Å²) in [5, 5.41) is 2.59. The second-order valence-corrected chi connectivity index (χ2v) is 4.93. The molecule has 0 radical (unpaired) electrons. The van der Waals surface area contributed by atoms with Gasteiger partial charge in [-0.1, -0.05) is 0 Å². The lowest BCUT2D eigenvalue weighted by molar-refractivity contribution is 0.0523. The smallest absolute Gasteiger partial charge is 0.407 e. The van der Waals surface area contributed by atoms with Crippen molar-refractivity contribution >= 4 is 12.1 Å². The minimum Gasteiger partial charge on any atom is -0.465 e. The van der Waals surface area contributed by atoms with Crippen molar-refractivity contribution in [1.29, 1.82) is 0 Å². The lowest BCUT2D eigenvalue weighted by Gasteiger charge is -2.19.